The van der Waals surface area contributed by atoms with Crippen molar-refractivity contribution in [1.29, 1.82) is 0 Å². The molecule has 2 N–H and O–H groups in total. The van der Waals surface area contributed by atoms with E-state index in [1.54, 1.807) is 0 Å². The Bertz CT molecular complexity index is 213. The standard InChI is InChI=1S/C6H9Br2N3O/c7-3-1-4-6(12)9-2-10-11(4)5(3)8/h3-5,10H,1-2H2,(H,9,12). The lowest BCUT2D eigenvalue weighted by molar-refractivity contribution is -0.130. The number of carbonyl (C=O) groups is 1. The lowest BCUT2D eigenvalue weighted by atomic mass is 10.2. The third-order valence-electron chi connectivity index (χ3n) is 2.18. The van der Waals surface area contributed by atoms with E-state index in [4.69, 9.17) is 0 Å². The van der Waals surface area contributed by atoms with E-state index in [0.29, 0.717) is 11.5 Å². The van der Waals surface area contributed by atoms with Gasteiger partial charge in [-0.1, -0.05) is 31.9 Å². The Morgan fingerprint density at radius 3 is 2.92 bits per heavy atom. The van der Waals surface area contributed by atoms with Gasteiger partial charge < -0.3 is 5.32 Å². The number of hydrogen-bond acceptors (Lipinski definition) is 3. The van der Waals surface area contributed by atoms with E-state index in [1.165, 1.54) is 0 Å². The van der Waals surface area contributed by atoms with Gasteiger partial charge in [0.2, 0.25) is 5.91 Å². The van der Waals surface area contributed by atoms with Crippen molar-refractivity contribution in [1.82, 2.24) is 15.8 Å². The Kier molecular flexibility index (Phi) is 2.42. The molecule has 2 fully saturated rings. The molecule has 0 aromatic heterocycles. The van der Waals surface area contributed by atoms with Gasteiger partial charge >= 0.3 is 0 Å². The van der Waals surface area contributed by atoms with Crippen molar-refractivity contribution >= 4 is 37.8 Å². The molecule has 0 aromatic carbocycles. The molecule has 2 heterocycles. The lowest BCUT2D eigenvalue weighted by Crippen LogP contribution is -2.60. The van der Waals surface area contributed by atoms with Crippen LogP contribution in [0, 0.1) is 0 Å². The van der Waals surface area contributed by atoms with Gasteiger partial charge in [-0.2, -0.15) is 0 Å². The zero-order valence-corrected chi connectivity index (χ0v) is 9.43. The van der Waals surface area contributed by atoms with Crippen LogP contribution < -0.4 is 10.7 Å². The highest BCUT2D eigenvalue weighted by Gasteiger charge is 2.44. The van der Waals surface area contributed by atoms with Crippen LogP contribution in [-0.2, 0) is 4.79 Å². The fraction of sp³-hybridized carbons (Fsp3) is 0.833. The van der Waals surface area contributed by atoms with Gasteiger partial charge in [0.15, 0.2) is 0 Å². The second-order valence-corrected chi connectivity index (χ2v) is 5.04. The van der Waals surface area contributed by atoms with Crippen LogP contribution >= 0.6 is 31.9 Å². The molecule has 0 spiro atoms. The third-order valence-corrected chi connectivity index (χ3v) is 4.84. The van der Waals surface area contributed by atoms with Crippen molar-refractivity contribution in [3.8, 4) is 0 Å². The summed E-state index contributed by atoms with van der Waals surface area (Å²) in [5.41, 5.74) is 3.12. The van der Waals surface area contributed by atoms with E-state index in [1.807, 2.05) is 5.01 Å². The molecular weight excluding hydrogens is 290 g/mol. The van der Waals surface area contributed by atoms with Gasteiger partial charge in [-0.3, -0.25) is 4.79 Å². The summed E-state index contributed by atoms with van der Waals surface area (Å²) in [6.07, 6.45) is 0.842. The van der Waals surface area contributed by atoms with Crippen LogP contribution in [0.3, 0.4) is 0 Å². The summed E-state index contributed by atoms with van der Waals surface area (Å²) >= 11 is 7.02. The van der Waals surface area contributed by atoms with Gasteiger partial charge in [0.05, 0.1) is 11.6 Å². The van der Waals surface area contributed by atoms with Crippen LogP contribution in [0.15, 0.2) is 0 Å². The number of alkyl halides is 2. The molecule has 2 rings (SSSR count). The average molecular weight is 299 g/mol. The van der Waals surface area contributed by atoms with Gasteiger partial charge in [0.25, 0.3) is 0 Å². The molecule has 12 heavy (non-hydrogen) atoms. The van der Waals surface area contributed by atoms with Crippen molar-refractivity contribution in [3.05, 3.63) is 0 Å². The molecule has 6 heteroatoms. The van der Waals surface area contributed by atoms with Crippen LogP contribution in [0.1, 0.15) is 6.42 Å². The molecule has 3 atom stereocenters. The van der Waals surface area contributed by atoms with Crippen LogP contribution in [0.2, 0.25) is 0 Å². The number of nitrogens with zero attached hydrogens (tertiary/aromatic N) is 1. The largest absolute Gasteiger partial charge is 0.341 e. The highest BCUT2D eigenvalue weighted by Crippen LogP contribution is 2.32. The number of carbonyl (C=O) groups excluding carboxylic acids is 1. The number of halogens is 2. The summed E-state index contributed by atoms with van der Waals surface area (Å²) in [7, 11) is 0. The summed E-state index contributed by atoms with van der Waals surface area (Å²) in [5.74, 6) is 0.111. The quantitative estimate of drug-likeness (QED) is 0.494. The molecule has 0 saturated carbocycles. The van der Waals surface area contributed by atoms with E-state index in [2.05, 4.69) is 42.6 Å². The first-order chi connectivity index (χ1) is 5.70. The van der Waals surface area contributed by atoms with Crippen LogP contribution in [0.4, 0.5) is 0 Å². The molecule has 4 nitrogen and oxygen atoms in total. The number of hydrogen-bond donors (Lipinski definition) is 2. The van der Waals surface area contributed by atoms with Gasteiger partial charge in [-0.05, 0) is 6.42 Å². The Balaban J connectivity index is 2.16. The van der Waals surface area contributed by atoms with E-state index >= 15 is 0 Å². The SMILES string of the molecule is O=C1NCNN2C1CC(Br)C2Br. The molecule has 0 aromatic rings. The van der Waals surface area contributed by atoms with Gasteiger partial charge in [0.1, 0.15) is 6.04 Å². The van der Waals surface area contributed by atoms with Crippen LogP contribution in [-0.4, -0.2) is 33.4 Å². The summed E-state index contributed by atoms with van der Waals surface area (Å²) in [4.78, 5) is 11.9. The number of hydrazine groups is 1. The normalized spacial score (nSPS) is 42.5. The molecule has 2 aliphatic heterocycles. The smallest absolute Gasteiger partial charge is 0.239 e. The minimum atomic E-state index is -0.0347. The monoisotopic (exact) mass is 297 g/mol. The first-order valence-electron chi connectivity index (χ1n) is 3.78. The second kappa shape index (κ2) is 3.25. The van der Waals surface area contributed by atoms with E-state index in [0.717, 1.165) is 6.42 Å². The number of rotatable bonds is 0. The predicted octanol–water partition coefficient (Wildman–Crippen LogP) is 0.137. The Labute approximate surface area is 87.3 Å². The Morgan fingerprint density at radius 2 is 2.25 bits per heavy atom. The highest BCUT2D eigenvalue weighted by atomic mass is 79.9. The van der Waals surface area contributed by atoms with Crippen LogP contribution in [0.25, 0.3) is 0 Å². The first kappa shape index (κ1) is 8.93. The van der Waals surface area contributed by atoms with Crippen molar-refractivity contribution in [2.45, 2.75) is 22.2 Å². The third kappa shape index (κ3) is 1.30. The van der Waals surface area contributed by atoms with Crippen molar-refractivity contribution in [2.75, 3.05) is 6.67 Å². The molecular formula is C6H9Br2N3O. The minimum Gasteiger partial charge on any atom is -0.341 e. The second-order valence-electron chi connectivity index (χ2n) is 2.92. The zero-order chi connectivity index (χ0) is 8.72. The number of fused-ring (bicyclic) bond motifs is 1. The summed E-state index contributed by atoms with van der Waals surface area (Å²) < 4.78 is 0. The summed E-state index contributed by atoms with van der Waals surface area (Å²) in [6.45, 7) is 0.525. The molecule has 3 unspecified atom stereocenters. The first-order valence-corrected chi connectivity index (χ1v) is 5.61. The maximum atomic E-state index is 11.3. The number of nitrogens with one attached hydrogen (secondary N) is 2. The summed E-state index contributed by atoms with van der Waals surface area (Å²) in [6, 6.07) is -0.0347. The van der Waals surface area contributed by atoms with Crippen molar-refractivity contribution in [3.63, 3.8) is 0 Å². The Hall–Kier alpha value is 0.350. The van der Waals surface area contributed by atoms with Crippen molar-refractivity contribution < 1.29 is 4.79 Å². The lowest BCUT2D eigenvalue weighted by Gasteiger charge is -2.31. The molecule has 2 saturated heterocycles. The fourth-order valence-corrected chi connectivity index (χ4v) is 2.81. The molecule has 2 aliphatic rings. The highest BCUT2D eigenvalue weighted by molar-refractivity contribution is 9.12. The zero-order valence-electron chi connectivity index (χ0n) is 6.26. The van der Waals surface area contributed by atoms with Gasteiger partial charge in [-0.25, -0.2) is 10.4 Å². The number of amides is 1. The van der Waals surface area contributed by atoms with E-state index in [9.17, 15) is 4.79 Å². The Morgan fingerprint density at radius 1 is 1.50 bits per heavy atom. The van der Waals surface area contributed by atoms with Crippen LogP contribution in [0.5, 0.6) is 0 Å². The van der Waals surface area contributed by atoms with E-state index in [-0.39, 0.29) is 16.9 Å². The minimum absolute atomic E-state index is 0.0347. The molecule has 68 valence electrons. The van der Waals surface area contributed by atoms with E-state index < -0.39 is 0 Å². The topological polar surface area (TPSA) is 44.4 Å². The fourth-order valence-electron chi connectivity index (χ4n) is 1.55. The van der Waals surface area contributed by atoms with Gasteiger partial charge in [-0.15, -0.1) is 0 Å². The maximum absolute atomic E-state index is 11.3. The summed E-state index contributed by atoms with van der Waals surface area (Å²) in [5, 5.41) is 4.72. The molecule has 0 bridgehead atoms. The predicted molar refractivity (Wildman–Crippen MR) is 51.8 cm³/mol. The molecule has 1 amide bonds. The molecule has 0 aliphatic carbocycles. The van der Waals surface area contributed by atoms with Crippen molar-refractivity contribution in [2.24, 2.45) is 0 Å². The van der Waals surface area contributed by atoms with Gasteiger partial charge in [0, 0.05) is 4.83 Å². The molecule has 0 radical (unpaired) electrons. The average Bonchev–Trinajstić information content (AvgIpc) is 2.32. The maximum Gasteiger partial charge on any atom is 0.239 e.